The molecule has 2 unspecified atom stereocenters. The molecule has 0 amide bonds. The van der Waals surface area contributed by atoms with Crippen molar-refractivity contribution >= 4 is 0 Å². The number of aliphatic hydroxyl groups excluding tert-OH is 1. The summed E-state index contributed by atoms with van der Waals surface area (Å²) in [6.07, 6.45) is 1.86. The normalized spacial score (nSPS) is 16.6. The summed E-state index contributed by atoms with van der Waals surface area (Å²) in [5.41, 5.74) is 5.66. The Hall–Kier alpha value is -0.0800. The Morgan fingerprint density at radius 1 is 1.15 bits per heavy atom. The molecule has 0 radical (unpaired) electrons. The Labute approximate surface area is 82.5 Å². The molecular formula is C11H25NO. The van der Waals surface area contributed by atoms with E-state index < -0.39 is 0 Å². The molecule has 0 aliphatic carbocycles. The van der Waals surface area contributed by atoms with Gasteiger partial charge in [0.25, 0.3) is 0 Å². The second kappa shape index (κ2) is 6.39. The van der Waals surface area contributed by atoms with Crippen LogP contribution in [0.25, 0.3) is 0 Å². The van der Waals surface area contributed by atoms with Gasteiger partial charge in [-0.2, -0.15) is 0 Å². The molecule has 0 rings (SSSR count). The Balaban J connectivity index is 4.24. The maximum Gasteiger partial charge on any atom is 0.0610 e. The first-order valence-corrected chi connectivity index (χ1v) is 5.46. The molecule has 2 nitrogen and oxygen atoms in total. The van der Waals surface area contributed by atoms with E-state index in [0.29, 0.717) is 18.4 Å². The number of aliphatic hydroxyl groups is 1. The highest BCUT2D eigenvalue weighted by molar-refractivity contribution is 4.77. The van der Waals surface area contributed by atoms with Gasteiger partial charge in [-0.15, -0.1) is 0 Å². The molecule has 0 aliphatic heterocycles. The lowest BCUT2D eigenvalue weighted by molar-refractivity contribution is 0.0303. The summed E-state index contributed by atoms with van der Waals surface area (Å²) in [6, 6.07) is 0. The van der Waals surface area contributed by atoms with Crippen LogP contribution in [0.15, 0.2) is 0 Å². The largest absolute Gasteiger partial charge is 0.392 e. The summed E-state index contributed by atoms with van der Waals surface area (Å²) >= 11 is 0. The molecule has 0 aromatic heterocycles. The fourth-order valence-electron chi connectivity index (χ4n) is 1.93. The third kappa shape index (κ3) is 3.65. The third-order valence-electron chi connectivity index (χ3n) is 3.10. The van der Waals surface area contributed by atoms with Crippen LogP contribution in [0.2, 0.25) is 0 Å². The van der Waals surface area contributed by atoms with Gasteiger partial charge in [-0.25, -0.2) is 0 Å². The highest BCUT2D eigenvalue weighted by Gasteiger charge is 2.26. The Morgan fingerprint density at radius 3 is 1.85 bits per heavy atom. The summed E-state index contributed by atoms with van der Waals surface area (Å²) < 4.78 is 0. The SMILES string of the molecule is CCC(CC)C(O)C(CN)C(C)C. The Morgan fingerprint density at radius 2 is 1.62 bits per heavy atom. The van der Waals surface area contributed by atoms with Crippen molar-refractivity contribution in [2.45, 2.75) is 46.6 Å². The fourth-order valence-corrected chi connectivity index (χ4v) is 1.93. The molecule has 0 saturated heterocycles. The molecule has 0 aromatic rings. The van der Waals surface area contributed by atoms with Crippen molar-refractivity contribution in [3.63, 3.8) is 0 Å². The highest BCUT2D eigenvalue weighted by atomic mass is 16.3. The van der Waals surface area contributed by atoms with E-state index in [9.17, 15) is 5.11 Å². The van der Waals surface area contributed by atoms with Gasteiger partial charge >= 0.3 is 0 Å². The van der Waals surface area contributed by atoms with Crippen LogP contribution in [0.4, 0.5) is 0 Å². The van der Waals surface area contributed by atoms with Crippen molar-refractivity contribution in [1.82, 2.24) is 0 Å². The lowest BCUT2D eigenvalue weighted by Crippen LogP contribution is -2.37. The van der Waals surface area contributed by atoms with Crippen molar-refractivity contribution in [2.24, 2.45) is 23.5 Å². The second-order valence-electron chi connectivity index (χ2n) is 4.21. The summed E-state index contributed by atoms with van der Waals surface area (Å²) in [5, 5.41) is 10.1. The molecule has 0 saturated carbocycles. The van der Waals surface area contributed by atoms with Crippen LogP contribution in [-0.4, -0.2) is 17.8 Å². The highest BCUT2D eigenvalue weighted by Crippen LogP contribution is 2.24. The zero-order valence-electron chi connectivity index (χ0n) is 9.46. The number of nitrogens with two attached hydrogens (primary N) is 1. The van der Waals surface area contributed by atoms with Crippen LogP contribution in [0.5, 0.6) is 0 Å². The van der Waals surface area contributed by atoms with Crippen molar-refractivity contribution in [3.05, 3.63) is 0 Å². The van der Waals surface area contributed by atoms with Gasteiger partial charge in [-0.1, -0.05) is 40.5 Å². The van der Waals surface area contributed by atoms with Gasteiger partial charge < -0.3 is 10.8 Å². The summed E-state index contributed by atoms with van der Waals surface area (Å²) in [4.78, 5) is 0. The summed E-state index contributed by atoms with van der Waals surface area (Å²) in [6.45, 7) is 9.11. The number of hydrogen-bond acceptors (Lipinski definition) is 2. The topological polar surface area (TPSA) is 46.2 Å². The lowest BCUT2D eigenvalue weighted by Gasteiger charge is -2.30. The van der Waals surface area contributed by atoms with Gasteiger partial charge in [-0.05, 0) is 24.3 Å². The molecule has 0 heterocycles. The molecule has 2 heteroatoms. The van der Waals surface area contributed by atoms with Crippen LogP contribution >= 0.6 is 0 Å². The first-order chi connectivity index (χ1) is 6.08. The zero-order valence-corrected chi connectivity index (χ0v) is 9.46. The van der Waals surface area contributed by atoms with Crippen molar-refractivity contribution in [3.8, 4) is 0 Å². The van der Waals surface area contributed by atoms with Crippen LogP contribution in [0.3, 0.4) is 0 Å². The standard InChI is InChI=1S/C11H25NO/c1-5-9(6-2)11(13)10(7-12)8(3)4/h8-11,13H,5-7,12H2,1-4H3. The van der Waals surface area contributed by atoms with Gasteiger partial charge in [0.05, 0.1) is 6.10 Å². The van der Waals surface area contributed by atoms with Crippen LogP contribution in [0, 0.1) is 17.8 Å². The smallest absolute Gasteiger partial charge is 0.0610 e. The monoisotopic (exact) mass is 187 g/mol. The molecular weight excluding hydrogens is 162 g/mol. The molecule has 13 heavy (non-hydrogen) atoms. The van der Waals surface area contributed by atoms with E-state index in [-0.39, 0.29) is 12.0 Å². The van der Waals surface area contributed by atoms with E-state index in [1.165, 1.54) is 0 Å². The van der Waals surface area contributed by atoms with E-state index >= 15 is 0 Å². The van der Waals surface area contributed by atoms with Crippen LogP contribution in [0.1, 0.15) is 40.5 Å². The summed E-state index contributed by atoms with van der Waals surface area (Å²) in [5.74, 6) is 1.14. The van der Waals surface area contributed by atoms with Gasteiger partial charge in [0.1, 0.15) is 0 Å². The van der Waals surface area contributed by atoms with Crippen molar-refractivity contribution in [2.75, 3.05) is 6.54 Å². The molecule has 0 spiro atoms. The van der Waals surface area contributed by atoms with E-state index in [0.717, 1.165) is 12.8 Å². The van der Waals surface area contributed by atoms with Crippen molar-refractivity contribution < 1.29 is 5.11 Å². The minimum Gasteiger partial charge on any atom is -0.392 e. The maximum atomic E-state index is 10.1. The zero-order chi connectivity index (χ0) is 10.4. The third-order valence-corrected chi connectivity index (χ3v) is 3.10. The number of hydrogen-bond donors (Lipinski definition) is 2. The molecule has 0 aliphatic rings. The predicted octanol–water partition coefficient (Wildman–Crippen LogP) is 2.01. The van der Waals surface area contributed by atoms with Crippen LogP contribution in [-0.2, 0) is 0 Å². The molecule has 80 valence electrons. The van der Waals surface area contributed by atoms with E-state index in [1.807, 2.05) is 0 Å². The molecule has 0 bridgehead atoms. The average Bonchev–Trinajstić information content (AvgIpc) is 2.07. The van der Waals surface area contributed by atoms with Crippen molar-refractivity contribution in [1.29, 1.82) is 0 Å². The van der Waals surface area contributed by atoms with Gasteiger partial charge in [-0.3, -0.25) is 0 Å². The van der Waals surface area contributed by atoms with Gasteiger partial charge in [0, 0.05) is 0 Å². The first-order valence-electron chi connectivity index (χ1n) is 5.46. The lowest BCUT2D eigenvalue weighted by atomic mass is 9.81. The maximum absolute atomic E-state index is 10.1. The Bertz CT molecular complexity index is 121. The molecule has 3 N–H and O–H groups in total. The summed E-state index contributed by atoms with van der Waals surface area (Å²) in [7, 11) is 0. The molecule has 0 fully saturated rings. The fraction of sp³-hybridized carbons (Fsp3) is 1.00. The average molecular weight is 187 g/mol. The minimum absolute atomic E-state index is 0.222. The number of rotatable bonds is 6. The molecule has 0 aromatic carbocycles. The van der Waals surface area contributed by atoms with E-state index in [4.69, 9.17) is 5.73 Å². The van der Waals surface area contributed by atoms with Crippen LogP contribution < -0.4 is 5.73 Å². The molecule has 2 atom stereocenters. The predicted molar refractivity (Wildman–Crippen MR) is 57.5 cm³/mol. The Kier molecular flexibility index (Phi) is 6.35. The van der Waals surface area contributed by atoms with Gasteiger partial charge in [0.2, 0.25) is 0 Å². The minimum atomic E-state index is -0.222. The van der Waals surface area contributed by atoms with E-state index in [1.54, 1.807) is 0 Å². The van der Waals surface area contributed by atoms with Gasteiger partial charge in [0.15, 0.2) is 0 Å². The quantitative estimate of drug-likeness (QED) is 0.668. The second-order valence-corrected chi connectivity index (χ2v) is 4.21. The first kappa shape index (κ1) is 12.9. The van der Waals surface area contributed by atoms with E-state index in [2.05, 4.69) is 27.7 Å².